The predicted octanol–water partition coefficient (Wildman–Crippen LogP) is 1.50. The Balaban J connectivity index is 4.83. The fourth-order valence-corrected chi connectivity index (χ4v) is 1.55. The van der Waals surface area contributed by atoms with Crippen LogP contribution in [0.2, 0.25) is 0 Å². The Morgan fingerprint density at radius 1 is 1.35 bits per heavy atom. The van der Waals surface area contributed by atoms with Crippen LogP contribution in [0.5, 0.6) is 0 Å². The van der Waals surface area contributed by atoms with Crippen molar-refractivity contribution in [2.45, 2.75) is 46.1 Å². The minimum atomic E-state index is -1.13. The summed E-state index contributed by atoms with van der Waals surface area (Å²) in [6.45, 7) is 6.98. The lowest BCUT2D eigenvalue weighted by Crippen LogP contribution is -2.39. The fraction of sp³-hybridized carbons (Fsp3) is 0.643. The highest BCUT2D eigenvalue weighted by Crippen LogP contribution is 2.03. The number of nitrogens with zero attached hydrogens (tertiary/aromatic N) is 2. The van der Waals surface area contributed by atoms with E-state index in [1.54, 1.807) is 0 Å². The number of hydrogen-bond acceptors (Lipinski definition) is 4. The Bertz CT molecular complexity index is 399. The number of unbranched alkanes of at least 4 members (excludes halogenated alkanes) is 1. The normalized spacial score (nSPS) is 12.4. The number of amides is 1. The first-order valence-electron chi connectivity index (χ1n) is 6.85. The van der Waals surface area contributed by atoms with Gasteiger partial charge in [0.2, 0.25) is 0 Å². The van der Waals surface area contributed by atoms with Gasteiger partial charge in [-0.2, -0.15) is 5.26 Å². The maximum Gasteiger partial charge on any atom is 0.325 e. The van der Waals surface area contributed by atoms with Gasteiger partial charge in [0.25, 0.3) is 5.91 Å². The standard InChI is InChI=1S/C14H23N3O3/c1-4-6-8-17(7-5-2)10-12(9-15)13(18)16-11(3)14(19)20/h10-11H,4-8H2,1-3H3,(H,16,18)(H,19,20)/b12-10-. The molecule has 0 aromatic rings. The van der Waals surface area contributed by atoms with Gasteiger partial charge in [-0.05, 0) is 19.8 Å². The van der Waals surface area contributed by atoms with Crippen molar-refractivity contribution < 1.29 is 14.7 Å². The van der Waals surface area contributed by atoms with Crippen LogP contribution in [-0.4, -0.2) is 41.0 Å². The maximum absolute atomic E-state index is 11.8. The molecule has 0 rings (SSSR count). The van der Waals surface area contributed by atoms with Crippen molar-refractivity contribution in [3.8, 4) is 6.07 Å². The molecule has 0 spiro atoms. The molecule has 0 aromatic carbocycles. The summed E-state index contributed by atoms with van der Waals surface area (Å²) in [6.07, 6.45) is 4.43. The van der Waals surface area contributed by atoms with E-state index in [-0.39, 0.29) is 5.57 Å². The molecule has 20 heavy (non-hydrogen) atoms. The summed E-state index contributed by atoms with van der Waals surface area (Å²) in [5.74, 6) is -1.79. The predicted molar refractivity (Wildman–Crippen MR) is 75.7 cm³/mol. The van der Waals surface area contributed by atoms with Gasteiger partial charge < -0.3 is 15.3 Å². The molecule has 0 radical (unpaired) electrons. The molecule has 0 aliphatic rings. The minimum Gasteiger partial charge on any atom is -0.480 e. The number of hydrogen-bond donors (Lipinski definition) is 2. The van der Waals surface area contributed by atoms with Crippen LogP contribution >= 0.6 is 0 Å². The molecule has 0 aromatic heterocycles. The maximum atomic E-state index is 11.8. The lowest BCUT2D eigenvalue weighted by molar-refractivity contribution is -0.140. The smallest absolute Gasteiger partial charge is 0.325 e. The number of aliphatic carboxylic acids is 1. The van der Waals surface area contributed by atoms with Gasteiger partial charge in [-0.1, -0.05) is 20.3 Å². The van der Waals surface area contributed by atoms with E-state index in [2.05, 4.69) is 12.2 Å². The summed E-state index contributed by atoms with van der Waals surface area (Å²) in [6, 6.07) is 0.807. The molecule has 6 heteroatoms. The van der Waals surface area contributed by atoms with E-state index in [1.807, 2.05) is 17.9 Å². The SMILES string of the molecule is CCCCN(/C=C(/C#N)C(=O)NC(C)C(=O)O)CCC. The zero-order chi connectivity index (χ0) is 15.5. The van der Waals surface area contributed by atoms with Crippen LogP contribution in [0, 0.1) is 11.3 Å². The molecule has 1 amide bonds. The lowest BCUT2D eigenvalue weighted by atomic mass is 10.2. The van der Waals surface area contributed by atoms with E-state index in [4.69, 9.17) is 10.4 Å². The van der Waals surface area contributed by atoms with Crippen molar-refractivity contribution >= 4 is 11.9 Å². The third kappa shape index (κ3) is 6.78. The summed E-state index contributed by atoms with van der Waals surface area (Å²) >= 11 is 0. The molecule has 0 aliphatic carbocycles. The van der Waals surface area contributed by atoms with Gasteiger partial charge in [-0.25, -0.2) is 0 Å². The molecule has 6 nitrogen and oxygen atoms in total. The Hall–Kier alpha value is -2.03. The second-order valence-electron chi connectivity index (χ2n) is 4.58. The van der Waals surface area contributed by atoms with E-state index in [0.717, 1.165) is 32.4 Å². The van der Waals surface area contributed by atoms with Gasteiger partial charge in [-0.15, -0.1) is 0 Å². The molecular formula is C14H23N3O3. The topological polar surface area (TPSA) is 93.4 Å². The first-order valence-corrected chi connectivity index (χ1v) is 6.85. The summed E-state index contributed by atoms with van der Waals surface area (Å²) in [5, 5.41) is 20.1. The fourth-order valence-electron chi connectivity index (χ4n) is 1.55. The lowest BCUT2D eigenvalue weighted by Gasteiger charge is -2.20. The van der Waals surface area contributed by atoms with Crippen molar-refractivity contribution in [1.82, 2.24) is 10.2 Å². The van der Waals surface area contributed by atoms with E-state index in [9.17, 15) is 9.59 Å². The molecule has 0 saturated carbocycles. The Morgan fingerprint density at radius 2 is 2.00 bits per heavy atom. The van der Waals surface area contributed by atoms with Gasteiger partial charge >= 0.3 is 5.97 Å². The molecule has 0 fully saturated rings. The highest BCUT2D eigenvalue weighted by molar-refractivity contribution is 5.99. The molecule has 1 atom stereocenters. The Morgan fingerprint density at radius 3 is 2.45 bits per heavy atom. The van der Waals surface area contributed by atoms with E-state index >= 15 is 0 Å². The number of carbonyl (C=O) groups is 2. The third-order valence-electron chi connectivity index (χ3n) is 2.70. The Labute approximate surface area is 120 Å². The monoisotopic (exact) mass is 281 g/mol. The van der Waals surface area contributed by atoms with Crippen molar-refractivity contribution in [1.29, 1.82) is 5.26 Å². The molecule has 0 bridgehead atoms. The summed E-state index contributed by atoms with van der Waals surface area (Å²) in [7, 11) is 0. The quantitative estimate of drug-likeness (QED) is 0.493. The van der Waals surface area contributed by atoms with Crippen molar-refractivity contribution in [2.24, 2.45) is 0 Å². The van der Waals surface area contributed by atoms with Gasteiger partial charge in [-0.3, -0.25) is 9.59 Å². The summed E-state index contributed by atoms with van der Waals surface area (Å²) in [4.78, 5) is 24.4. The van der Waals surface area contributed by atoms with Gasteiger partial charge in [0.1, 0.15) is 17.7 Å². The first kappa shape index (κ1) is 18.0. The van der Waals surface area contributed by atoms with Crippen LogP contribution in [0.1, 0.15) is 40.0 Å². The van der Waals surface area contributed by atoms with Crippen molar-refractivity contribution in [3.63, 3.8) is 0 Å². The highest BCUT2D eigenvalue weighted by atomic mass is 16.4. The minimum absolute atomic E-state index is 0.0670. The van der Waals surface area contributed by atoms with Crippen molar-refractivity contribution in [3.05, 3.63) is 11.8 Å². The van der Waals surface area contributed by atoms with E-state index in [1.165, 1.54) is 13.1 Å². The number of nitriles is 1. The number of carboxylic acids is 1. The molecule has 1 unspecified atom stereocenters. The van der Waals surface area contributed by atoms with E-state index < -0.39 is 17.9 Å². The van der Waals surface area contributed by atoms with Crippen molar-refractivity contribution in [2.75, 3.05) is 13.1 Å². The van der Waals surface area contributed by atoms with E-state index in [0.29, 0.717) is 0 Å². The zero-order valence-electron chi connectivity index (χ0n) is 12.3. The Kier molecular flexibility index (Phi) is 8.84. The number of carbonyl (C=O) groups excluding carboxylic acids is 1. The molecule has 0 aliphatic heterocycles. The average Bonchev–Trinajstić information content (AvgIpc) is 2.41. The van der Waals surface area contributed by atoms with Crippen LogP contribution in [0.25, 0.3) is 0 Å². The van der Waals surface area contributed by atoms with Gasteiger partial charge in [0.05, 0.1) is 0 Å². The highest BCUT2D eigenvalue weighted by Gasteiger charge is 2.17. The number of rotatable bonds is 9. The number of nitrogens with one attached hydrogen (secondary N) is 1. The largest absolute Gasteiger partial charge is 0.480 e. The average molecular weight is 281 g/mol. The molecular weight excluding hydrogens is 258 g/mol. The number of carboxylic acid groups (broad SMARTS) is 1. The molecule has 0 saturated heterocycles. The summed E-state index contributed by atoms with van der Waals surface area (Å²) in [5.41, 5.74) is -0.0670. The van der Waals surface area contributed by atoms with Crippen LogP contribution < -0.4 is 5.32 Å². The second kappa shape index (κ2) is 9.84. The zero-order valence-corrected chi connectivity index (χ0v) is 12.3. The van der Waals surface area contributed by atoms with Gasteiger partial charge in [0.15, 0.2) is 0 Å². The van der Waals surface area contributed by atoms with Gasteiger partial charge in [0, 0.05) is 19.3 Å². The molecule has 0 heterocycles. The second-order valence-corrected chi connectivity index (χ2v) is 4.58. The van der Waals surface area contributed by atoms with Crippen LogP contribution in [0.3, 0.4) is 0 Å². The van der Waals surface area contributed by atoms with Crippen LogP contribution in [0.4, 0.5) is 0 Å². The molecule has 112 valence electrons. The first-order chi connectivity index (χ1) is 9.46. The van der Waals surface area contributed by atoms with Crippen LogP contribution in [-0.2, 0) is 9.59 Å². The molecule has 2 N–H and O–H groups in total. The summed E-state index contributed by atoms with van der Waals surface area (Å²) < 4.78 is 0. The third-order valence-corrected chi connectivity index (χ3v) is 2.70. The van der Waals surface area contributed by atoms with Crippen LogP contribution in [0.15, 0.2) is 11.8 Å².